The third kappa shape index (κ3) is 5.06. The molecule has 2 aromatic carbocycles. The van der Waals surface area contributed by atoms with Crippen LogP contribution in [0.5, 0.6) is 5.75 Å². The number of amides is 3. The summed E-state index contributed by atoms with van der Waals surface area (Å²) in [5, 5.41) is 8.66. The Morgan fingerprint density at radius 1 is 1.15 bits per heavy atom. The minimum Gasteiger partial charge on any atom is -0.497 e. The van der Waals surface area contributed by atoms with E-state index in [1.165, 1.54) is 0 Å². The molecule has 2 aliphatic heterocycles. The first kappa shape index (κ1) is 22.5. The first-order valence-electron chi connectivity index (χ1n) is 11.0. The van der Waals surface area contributed by atoms with Gasteiger partial charge >= 0.3 is 0 Å². The average Bonchev–Trinajstić information content (AvgIpc) is 2.92. The topological polar surface area (TPSA) is 99.8 Å². The lowest BCUT2D eigenvalue weighted by Crippen LogP contribution is -2.55. The maximum Gasteiger partial charge on any atom is 0.256 e. The summed E-state index contributed by atoms with van der Waals surface area (Å²) >= 11 is 0. The number of nitrogens with one attached hydrogen (secondary N) is 3. The van der Waals surface area contributed by atoms with Crippen LogP contribution in [0.1, 0.15) is 34.3 Å². The molecule has 0 spiro atoms. The second-order valence-electron chi connectivity index (χ2n) is 8.23. The molecule has 4 rings (SSSR count). The number of piperidine rings is 1. The Balaban J connectivity index is 1.51. The zero-order valence-corrected chi connectivity index (χ0v) is 18.8. The zero-order valence-electron chi connectivity index (χ0n) is 18.8. The van der Waals surface area contributed by atoms with Crippen LogP contribution in [0.25, 0.3) is 12.2 Å². The predicted octanol–water partition coefficient (Wildman–Crippen LogP) is 2.13. The Kier molecular flexibility index (Phi) is 6.74. The molecule has 8 heteroatoms. The summed E-state index contributed by atoms with van der Waals surface area (Å²) in [7, 11) is 3.33. The van der Waals surface area contributed by atoms with E-state index in [2.05, 4.69) is 16.0 Å². The van der Waals surface area contributed by atoms with Gasteiger partial charge in [-0.25, -0.2) is 0 Å². The summed E-state index contributed by atoms with van der Waals surface area (Å²) in [6, 6.07) is 12.4. The Bertz CT molecular complexity index is 1080. The summed E-state index contributed by atoms with van der Waals surface area (Å²) in [4.78, 5) is 39.8. The Labute approximate surface area is 193 Å². The van der Waals surface area contributed by atoms with E-state index in [9.17, 15) is 14.4 Å². The lowest BCUT2D eigenvalue weighted by Gasteiger charge is -2.37. The number of carbonyl (C=O) groups excluding carboxylic acids is 3. The van der Waals surface area contributed by atoms with Crippen LogP contribution >= 0.6 is 0 Å². The van der Waals surface area contributed by atoms with E-state index in [1.54, 1.807) is 31.2 Å². The van der Waals surface area contributed by atoms with Crippen molar-refractivity contribution in [3.63, 3.8) is 0 Å². The fourth-order valence-corrected chi connectivity index (χ4v) is 4.26. The SMILES string of the molecule is CNCC(=O)N[C@H]1CCN2C(=O)c3cc(/C=C/c4ccc(OC)cc4)ccc3NC(=O)[C@@H]2C1. The Hall–Kier alpha value is -3.65. The van der Waals surface area contributed by atoms with E-state index in [-0.39, 0.29) is 30.3 Å². The highest BCUT2D eigenvalue weighted by molar-refractivity contribution is 6.10. The highest BCUT2D eigenvalue weighted by atomic mass is 16.5. The quantitative estimate of drug-likeness (QED) is 0.588. The molecule has 3 amide bonds. The summed E-state index contributed by atoms with van der Waals surface area (Å²) in [5.41, 5.74) is 2.85. The molecule has 0 saturated carbocycles. The molecule has 2 aromatic rings. The minimum absolute atomic E-state index is 0.118. The number of hydrogen-bond acceptors (Lipinski definition) is 5. The van der Waals surface area contributed by atoms with Crippen molar-refractivity contribution in [2.45, 2.75) is 24.9 Å². The van der Waals surface area contributed by atoms with E-state index in [1.807, 2.05) is 42.5 Å². The average molecular weight is 449 g/mol. The van der Waals surface area contributed by atoms with Crippen molar-refractivity contribution in [1.29, 1.82) is 0 Å². The summed E-state index contributed by atoms with van der Waals surface area (Å²) < 4.78 is 5.18. The van der Waals surface area contributed by atoms with Gasteiger partial charge in [0.15, 0.2) is 0 Å². The van der Waals surface area contributed by atoms with Gasteiger partial charge in [0.25, 0.3) is 5.91 Å². The molecule has 3 N–H and O–H groups in total. The van der Waals surface area contributed by atoms with Gasteiger partial charge in [-0.3, -0.25) is 14.4 Å². The molecule has 172 valence electrons. The smallest absolute Gasteiger partial charge is 0.256 e. The fraction of sp³-hybridized carbons (Fsp3) is 0.320. The lowest BCUT2D eigenvalue weighted by molar-refractivity contribution is -0.124. The predicted molar refractivity (Wildman–Crippen MR) is 127 cm³/mol. The van der Waals surface area contributed by atoms with Gasteiger partial charge in [-0.2, -0.15) is 0 Å². The molecule has 0 bridgehead atoms. The third-order valence-corrected chi connectivity index (χ3v) is 5.98. The van der Waals surface area contributed by atoms with Gasteiger partial charge in [0.1, 0.15) is 11.8 Å². The standard InChI is InChI=1S/C25H28N4O4/c1-26-15-23(30)27-18-11-12-29-22(14-18)24(31)28-21-10-7-17(13-20(21)25(29)32)4-3-16-5-8-19(33-2)9-6-16/h3-10,13,18,22,26H,11-12,14-15H2,1-2H3,(H,27,30)(H,28,31)/b4-3+/t18-,22-/m0/s1. The van der Waals surface area contributed by atoms with Crippen LogP contribution in [0, 0.1) is 0 Å². The molecule has 0 aromatic heterocycles. The van der Waals surface area contributed by atoms with Crippen molar-refractivity contribution in [3.8, 4) is 5.75 Å². The molecule has 33 heavy (non-hydrogen) atoms. The molecule has 0 aliphatic carbocycles. The molecule has 8 nitrogen and oxygen atoms in total. The van der Waals surface area contributed by atoms with E-state index in [0.29, 0.717) is 30.6 Å². The molecule has 0 unspecified atom stereocenters. The molecule has 2 atom stereocenters. The van der Waals surface area contributed by atoms with Crippen molar-refractivity contribution >= 4 is 35.6 Å². The van der Waals surface area contributed by atoms with Gasteiger partial charge in [-0.15, -0.1) is 0 Å². The van der Waals surface area contributed by atoms with Crippen molar-refractivity contribution in [2.75, 3.05) is 32.6 Å². The molecule has 2 heterocycles. The van der Waals surface area contributed by atoms with Gasteiger partial charge in [0.05, 0.1) is 24.9 Å². The van der Waals surface area contributed by atoms with E-state index < -0.39 is 6.04 Å². The number of rotatable bonds is 6. The van der Waals surface area contributed by atoms with E-state index >= 15 is 0 Å². The van der Waals surface area contributed by atoms with Crippen LogP contribution in [0.15, 0.2) is 42.5 Å². The number of benzene rings is 2. The van der Waals surface area contributed by atoms with E-state index in [4.69, 9.17) is 4.74 Å². The molecule has 1 fully saturated rings. The minimum atomic E-state index is -0.614. The van der Waals surface area contributed by atoms with Crippen LogP contribution in [-0.4, -0.2) is 62.0 Å². The Morgan fingerprint density at radius 3 is 2.61 bits per heavy atom. The highest BCUT2D eigenvalue weighted by Gasteiger charge is 2.40. The molecular formula is C25H28N4O4. The molecular weight excluding hydrogens is 420 g/mol. The van der Waals surface area contributed by atoms with Crippen molar-refractivity contribution in [1.82, 2.24) is 15.5 Å². The number of likely N-dealkylation sites (N-methyl/N-ethyl adjacent to an activating group) is 1. The summed E-state index contributed by atoms with van der Waals surface area (Å²) in [6.45, 7) is 0.626. The number of nitrogens with zero attached hydrogens (tertiary/aromatic N) is 1. The second kappa shape index (κ2) is 9.87. The summed E-state index contributed by atoms with van der Waals surface area (Å²) in [6.07, 6.45) is 4.90. The van der Waals surface area contributed by atoms with Gasteiger partial charge in [-0.1, -0.05) is 30.4 Å². The van der Waals surface area contributed by atoms with E-state index in [0.717, 1.165) is 16.9 Å². The second-order valence-corrected chi connectivity index (χ2v) is 8.23. The first-order valence-corrected chi connectivity index (χ1v) is 11.0. The maximum atomic E-state index is 13.3. The van der Waals surface area contributed by atoms with Crippen LogP contribution in [0.2, 0.25) is 0 Å². The highest BCUT2D eigenvalue weighted by Crippen LogP contribution is 2.29. The van der Waals surface area contributed by atoms with Crippen molar-refractivity contribution in [3.05, 3.63) is 59.2 Å². The number of fused-ring (bicyclic) bond motifs is 2. The number of anilines is 1. The van der Waals surface area contributed by atoms with Crippen LogP contribution in [-0.2, 0) is 9.59 Å². The van der Waals surface area contributed by atoms with Gasteiger partial charge in [-0.05, 0) is 55.3 Å². The van der Waals surface area contributed by atoms with Gasteiger partial charge in [0, 0.05) is 12.6 Å². The largest absolute Gasteiger partial charge is 0.497 e. The van der Waals surface area contributed by atoms with Crippen LogP contribution in [0.4, 0.5) is 5.69 Å². The van der Waals surface area contributed by atoms with Crippen LogP contribution < -0.4 is 20.7 Å². The summed E-state index contributed by atoms with van der Waals surface area (Å²) in [5.74, 6) is 0.274. The van der Waals surface area contributed by atoms with Crippen molar-refractivity contribution in [2.24, 2.45) is 0 Å². The number of methoxy groups -OCH3 is 1. The van der Waals surface area contributed by atoms with Crippen molar-refractivity contribution < 1.29 is 19.1 Å². The third-order valence-electron chi connectivity index (χ3n) is 5.98. The Morgan fingerprint density at radius 2 is 1.88 bits per heavy atom. The first-order chi connectivity index (χ1) is 16.0. The maximum absolute atomic E-state index is 13.3. The molecule has 2 aliphatic rings. The fourth-order valence-electron chi connectivity index (χ4n) is 4.26. The zero-order chi connectivity index (χ0) is 23.4. The number of hydrogen-bond donors (Lipinski definition) is 3. The van der Waals surface area contributed by atoms with Gasteiger partial charge < -0.3 is 25.6 Å². The molecule has 1 saturated heterocycles. The number of carbonyl (C=O) groups is 3. The lowest BCUT2D eigenvalue weighted by atomic mass is 9.96. The van der Waals surface area contributed by atoms with Crippen LogP contribution in [0.3, 0.4) is 0 Å². The monoisotopic (exact) mass is 448 g/mol. The molecule has 0 radical (unpaired) electrons. The number of ether oxygens (including phenoxy) is 1. The van der Waals surface area contributed by atoms with Gasteiger partial charge in [0.2, 0.25) is 11.8 Å². The normalized spacial score (nSPS) is 20.0.